The van der Waals surface area contributed by atoms with Crippen molar-refractivity contribution in [2.24, 2.45) is 14.1 Å². The van der Waals surface area contributed by atoms with Gasteiger partial charge in [-0.15, -0.1) is 5.10 Å². The minimum atomic E-state index is -0.270. The van der Waals surface area contributed by atoms with Gasteiger partial charge in [0.15, 0.2) is 0 Å². The highest BCUT2D eigenvalue weighted by atomic mass is 16.5. The Balaban J connectivity index is 1.37. The van der Waals surface area contributed by atoms with Crippen molar-refractivity contribution in [3.63, 3.8) is 0 Å². The first-order valence-corrected chi connectivity index (χ1v) is 14.7. The number of rotatable bonds is 7. The molecular weight excluding hydrogens is 556 g/mol. The monoisotopic (exact) mass is 590 g/mol. The van der Waals surface area contributed by atoms with Gasteiger partial charge in [-0.05, 0) is 72.4 Å². The highest BCUT2D eigenvalue weighted by Crippen LogP contribution is 2.36. The molecule has 0 fully saturated rings. The van der Waals surface area contributed by atoms with Crippen LogP contribution in [0.1, 0.15) is 63.1 Å². The van der Waals surface area contributed by atoms with Crippen molar-refractivity contribution >= 4 is 33.8 Å². The fourth-order valence-electron chi connectivity index (χ4n) is 6.46. The average molecular weight is 591 g/mol. The summed E-state index contributed by atoms with van der Waals surface area (Å²) in [5.74, 6) is -0.0179. The van der Waals surface area contributed by atoms with Gasteiger partial charge in [-0.25, -0.2) is 4.68 Å². The third-order valence-electron chi connectivity index (χ3n) is 8.78. The summed E-state index contributed by atoms with van der Waals surface area (Å²) >= 11 is 0. The number of carbonyl (C=O) groups is 2. The van der Waals surface area contributed by atoms with Crippen LogP contribution in [-0.4, -0.2) is 56.6 Å². The Hall–Kier alpha value is -5.17. The summed E-state index contributed by atoms with van der Waals surface area (Å²) in [4.78, 5) is 28.7. The number of nitrogens with zero attached hydrogens (tertiary/aromatic N) is 6. The second-order valence-corrected chi connectivity index (χ2v) is 11.2. The third kappa shape index (κ3) is 4.84. The molecule has 0 spiro atoms. The van der Waals surface area contributed by atoms with E-state index >= 15 is 0 Å². The highest BCUT2D eigenvalue weighted by Gasteiger charge is 2.28. The lowest BCUT2D eigenvalue weighted by molar-refractivity contribution is -0.143. The molecule has 224 valence electrons. The summed E-state index contributed by atoms with van der Waals surface area (Å²) in [5, 5.41) is 18.9. The molecule has 0 N–H and O–H groups in total. The van der Waals surface area contributed by atoms with Crippen LogP contribution >= 0.6 is 0 Å². The molecule has 5 aromatic rings. The molecule has 0 aliphatic carbocycles. The maximum absolute atomic E-state index is 14.0. The number of benzene rings is 3. The lowest BCUT2D eigenvalue weighted by atomic mass is 9.83. The van der Waals surface area contributed by atoms with Crippen molar-refractivity contribution < 1.29 is 19.1 Å². The number of esters is 1. The number of carbonyl (C=O) groups excluding carboxylic acids is 2. The van der Waals surface area contributed by atoms with Crippen molar-refractivity contribution in [2.45, 2.75) is 39.2 Å². The Morgan fingerprint density at radius 1 is 1.09 bits per heavy atom. The molecule has 1 atom stereocenters. The number of aryl methyl sites for hydroxylation is 3. The lowest BCUT2D eigenvalue weighted by Gasteiger charge is -2.30. The number of hydrogen-bond donors (Lipinski definition) is 0. The lowest BCUT2D eigenvalue weighted by Crippen LogP contribution is -2.36. The Bertz CT molecular complexity index is 1980. The maximum atomic E-state index is 14.0. The molecule has 0 radical (unpaired) electrons. The van der Waals surface area contributed by atoms with Gasteiger partial charge in [-0.2, -0.15) is 5.26 Å². The number of amides is 1. The van der Waals surface area contributed by atoms with Crippen molar-refractivity contribution in [3.8, 4) is 11.8 Å². The van der Waals surface area contributed by atoms with E-state index in [0.29, 0.717) is 48.6 Å². The van der Waals surface area contributed by atoms with Crippen LogP contribution in [0.15, 0.2) is 48.5 Å². The zero-order valence-corrected chi connectivity index (χ0v) is 25.5. The summed E-state index contributed by atoms with van der Waals surface area (Å²) in [6.07, 6.45) is 0.894. The summed E-state index contributed by atoms with van der Waals surface area (Å²) in [6, 6.07) is 17.9. The quantitative estimate of drug-likeness (QED) is 0.247. The summed E-state index contributed by atoms with van der Waals surface area (Å²) in [6.45, 7) is 5.13. The van der Waals surface area contributed by atoms with E-state index in [9.17, 15) is 14.9 Å². The number of fused-ring (bicyclic) bond motifs is 3. The largest absolute Gasteiger partial charge is 0.496 e. The fraction of sp³-hybridized carbons (Fsp3) is 0.324. The molecule has 10 heteroatoms. The Morgan fingerprint density at radius 3 is 2.66 bits per heavy atom. The summed E-state index contributed by atoms with van der Waals surface area (Å²) in [5.41, 5.74) is 8.55. The molecule has 1 aliphatic heterocycles. The molecule has 44 heavy (non-hydrogen) atoms. The fourth-order valence-corrected chi connectivity index (χ4v) is 6.46. The first-order valence-electron chi connectivity index (χ1n) is 14.7. The predicted molar refractivity (Wildman–Crippen MR) is 165 cm³/mol. The zero-order valence-electron chi connectivity index (χ0n) is 25.5. The first kappa shape index (κ1) is 28.9. The van der Waals surface area contributed by atoms with Gasteiger partial charge >= 0.3 is 5.97 Å². The second kappa shape index (κ2) is 11.5. The van der Waals surface area contributed by atoms with E-state index in [1.165, 1.54) is 5.56 Å². The van der Waals surface area contributed by atoms with Crippen LogP contribution in [0.3, 0.4) is 0 Å². The van der Waals surface area contributed by atoms with E-state index in [1.54, 1.807) is 48.5 Å². The van der Waals surface area contributed by atoms with Crippen molar-refractivity contribution in [1.29, 1.82) is 5.26 Å². The molecule has 1 aliphatic rings. The van der Waals surface area contributed by atoms with Gasteiger partial charge < -0.3 is 18.9 Å². The van der Waals surface area contributed by atoms with Crippen molar-refractivity contribution in [1.82, 2.24) is 24.5 Å². The molecule has 2 aromatic heterocycles. The number of aromatic nitrogens is 4. The van der Waals surface area contributed by atoms with E-state index in [0.717, 1.165) is 38.7 Å². The first-order chi connectivity index (χ1) is 21.2. The van der Waals surface area contributed by atoms with Crippen LogP contribution in [0.25, 0.3) is 21.9 Å². The van der Waals surface area contributed by atoms with Gasteiger partial charge in [0.1, 0.15) is 23.0 Å². The summed E-state index contributed by atoms with van der Waals surface area (Å²) in [7, 11) is 5.23. The minimum Gasteiger partial charge on any atom is -0.496 e. The molecule has 3 heterocycles. The van der Waals surface area contributed by atoms with E-state index in [2.05, 4.69) is 34.6 Å². The molecule has 10 nitrogen and oxygen atoms in total. The van der Waals surface area contributed by atoms with Crippen molar-refractivity contribution in [2.75, 3.05) is 20.3 Å². The molecule has 3 aromatic carbocycles. The van der Waals surface area contributed by atoms with Crippen LogP contribution < -0.4 is 4.74 Å². The Labute approximate surface area is 255 Å². The van der Waals surface area contributed by atoms with Gasteiger partial charge in [0, 0.05) is 38.5 Å². The number of hydrogen-bond acceptors (Lipinski definition) is 7. The minimum absolute atomic E-state index is 0.105. The van der Waals surface area contributed by atoms with Gasteiger partial charge in [0.05, 0.1) is 36.7 Å². The van der Waals surface area contributed by atoms with E-state index < -0.39 is 0 Å². The van der Waals surface area contributed by atoms with E-state index in [4.69, 9.17) is 9.47 Å². The third-order valence-corrected chi connectivity index (χ3v) is 8.78. The van der Waals surface area contributed by atoms with Gasteiger partial charge in [0.2, 0.25) is 0 Å². The van der Waals surface area contributed by atoms with Gasteiger partial charge in [-0.1, -0.05) is 29.5 Å². The predicted octanol–water partition coefficient (Wildman–Crippen LogP) is 4.93. The van der Waals surface area contributed by atoms with Crippen molar-refractivity contribution in [3.05, 3.63) is 87.6 Å². The average Bonchev–Trinajstić information content (AvgIpc) is 3.58. The van der Waals surface area contributed by atoms with Crippen LogP contribution in [-0.2, 0) is 36.6 Å². The molecule has 6 rings (SSSR count). The number of methoxy groups -OCH3 is 1. The second-order valence-electron chi connectivity index (χ2n) is 11.2. The van der Waals surface area contributed by atoms with Gasteiger partial charge in [0.25, 0.3) is 5.91 Å². The molecule has 0 saturated heterocycles. The standard InChI is InChI=1S/C34H34N6O4/c1-6-44-31(41)17-27(25-9-11-29-32(20(25)2)36-37-39(29)4)22-8-7-21-13-14-40(19-23(21)15-22)34(42)26-10-12-30(43-5)28-16-24(18-35)38(3)33(26)28/h7-12,15-16,27H,6,13-14,17,19H2,1-5H3. The molecule has 0 saturated carbocycles. The Kier molecular flexibility index (Phi) is 7.55. The van der Waals surface area contributed by atoms with Gasteiger partial charge in [-0.3, -0.25) is 9.59 Å². The molecular formula is C34H34N6O4. The number of ether oxygens (including phenoxy) is 2. The topological polar surface area (TPSA) is 115 Å². The smallest absolute Gasteiger partial charge is 0.306 e. The van der Waals surface area contributed by atoms with Crippen LogP contribution in [0, 0.1) is 18.3 Å². The van der Waals surface area contributed by atoms with Crippen LogP contribution in [0.4, 0.5) is 0 Å². The normalized spacial score (nSPS) is 13.5. The zero-order chi connectivity index (χ0) is 31.1. The van der Waals surface area contributed by atoms with E-state index in [1.807, 2.05) is 31.0 Å². The highest BCUT2D eigenvalue weighted by molar-refractivity contribution is 6.08. The SMILES string of the molecule is CCOC(=O)CC(c1ccc2c(c1)CN(C(=O)c1ccc(OC)c3cc(C#N)n(C)c13)CC2)c1ccc2c(nnn2C)c1C. The van der Waals surface area contributed by atoms with E-state index in [-0.39, 0.29) is 24.2 Å². The number of nitriles is 1. The van der Waals surface area contributed by atoms with Crippen LogP contribution in [0.5, 0.6) is 5.75 Å². The molecule has 0 bridgehead atoms. The maximum Gasteiger partial charge on any atom is 0.306 e. The summed E-state index contributed by atoms with van der Waals surface area (Å²) < 4.78 is 14.4. The molecule has 1 amide bonds. The van der Waals surface area contributed by atoms with Crippen LogP contribution in [0.2, 0.25) is 0 Å². The Morgan fingerprint density at radius 2 is 1.91 bits per heavy atom. The molecule has 1 unspecified atom stereocenters.